The lowest BCUT2D eigenvalue weighted by Gasteiger charge is -2.23. The predicted octanol–water partition coefficient (Wildman–Crippen LogP) is 4.50. The van der Waals surface area contributed by atoms with Gasteiger partial charge in [0.1, 0.15) is 5.82 Å². The molecule has 1 aliphatic heterocycles. The molecule has 0 unspecified atom stereocenters. The highest BCUT2D eigenvalue weighted by molar-refractivity contribution is 6.08. The number of carbonyl (C=O) groups excluding carboxylic acids is 2. The number of hydrogen-bond donors (Lipinski definition) is 1. The molecule has 0 aliphatic carbocycles. The van der Waals surface area contributed by atoms with Crippen molar-refractivity contribution in [2.45, 2.75) is 26.9 Å². The molecule has 0 atom stereocenters. The third-order valence-electron chi connectivity index (χ3n) is 5.99. The van der Waals surface area contributed by atoms with Crippen molar-refractivity contribution in [2.75, 3.05) is 10.2 Å². The number of benzene rings is 2. The molecular formula is C26H22FN5O2. The number of amides is 2. The number of anilines is 2. The van der Waals surface area contributed by atoms with Gasteiger partial charge in [0.05, 0.1) is 30.2 Å². The van der Waals surface area contributed by atoms with Crippen LogP contribution in [0.25, 0.3) is 0 Å². The molecule has 170 valence electrons. The van der Waals surface area contributed by atoms with E-state index in [4.69, 9.17) is 0 Å². The van der Waals surface area contributed by atoms with Crippen LogP contribution < -0.4 is 10.2 Å². The molecule has 34 heavy (non-hydrogen) atoms. The van der Waals surface area contributed by atoms with E-state index in [0.717, 1.165) is 17.1 Å². The van der Waals surface area contributed by atoms with Gasteiger partial charge in [-0.1, -0.05) is 6.07 Å². The monoisotopic (exact) mass is 455 g/mol. The van der Waals surface area contributed by atoms with E-state index in [1.54, 1.807) is 48.5 Å². The maximum atomic E-state index is 13.6. The van der Waals surface area contributed by atoms with Crippen LogP contribution in [0.1, 0.15) is 43.2 Å². The van der Waals surface area contributed by atoms with Crippen molar-refractivity contribution in [1.29, 1.82) is 0 Å². The van der Waals surface area contributed by atoms with Crippen molar-refractivity contribution in [2.24, 2.45) is 0 Å². The first-order valence-electron chi connectivity index (χ1n) is 10.9. The van der Waals surface area contributed by atoms with Crippen molar-refractivity contribution in [3.8, 4) is 0 Å². The quantitative estimate of drug-likeness (QED) is 0.494. The first kappa shape index (κ1) is 21.5. The molecule has 2 amide bonds. The van der Waals surface area contributed by atoms with Crippen LogP contribution >= 0.6 is 0 Å². The van der Waals surface area contributed by atoms with Crippen molar-refractivity contribution in [1.82, 2.24) is 14.8 Å². The fraction of sp³-hybridized carbons (Fsp3) is 0.154. The maximum absolute atomic E-state index is 13.6. The fourth-order valence-electron chi connectivity index (χ4n) is 4.17. The summed E-state index contributed by atoms with van der Waals surface area (Å²) in [4.78, 5) is 32.5. The molecule has 0 radical (unpaired) electrons. The van der Waals surface area contributed by atoms with Crippen LogP contribution in [-0.4, -0.2) is 26.6 Å². The van der Waals surface area contributed by atoms with Crippen LogP contribution in [0.5, 0.6) is 0 Å². The number of hydrogen-bond acceptors (Lipinski definition) is 4. The van der Waals surface area contributed by atoms with Gasteiger partial charge in [0.2, 0.25) is 0 Å². The Labute approximate surface area is 195 Å². The van der Waals surface area contributed by atoms with Crippen molar-refractivity contribution in [3.63, 3.8) is 0 Å². The van der Waals surface area contributed by atoms with E-state index in [2.05, 4.69) is 15.4 Å². The van der Waals surface area contributed by atoms with Gasteiger partial charge in [0.15, 0.2) is 0 Å². The third-order valence-corrected chi connectivity index (χ3v) is 5.99. The molecule has 3 heterocycles. The molecule has 7 nitrogen and oxygen atoms in total. The van der Waals surface area contributed by atoms with Gasteiger partial charge >= 0.3 is 0 Å². The number of aryl methyl sites for hydroxylation is 2. The van der Waals surface area contributed by atoms with E-state index < -0.39 is 11.7 Å². The summed E-state index contributed by atoms with van der Waals surface area (Å²) < 4.78 is 15.4. The van der Waals surface area contributed by atoms with Gasteiger partial charge in [0, 0.05) is 29.2 Å². The lowest BCUT2D eigenvalue weighted by molar-refractivity contribution is 0.0983. The standard InChI is InChI=1S/C26H22FN5O2/c1-16-5-6-18(27)13-22(16)25(33)30-19-7-8-21(17(2)12-19)26(34)31-14-20-9-11-29-32(20)15-23-24(31)4-3-10-28-23/h3-13H,14-15H2,1-2H3,(H,30,33). The molecule has 2 aromatic carbocycles. The van der Waals surface area contributed by atoms with Crippen molar-refractivity contribution in [3.05, 3.63) is 106 Å². The van der Waals surface area contributed by atoms with Gasteiger partial charge in [0.25, 0.3) is 11.8 Å². The Morgan fingerprint density at radius 2 is 1.79 bits per heavy atom. The molecule has 2 aromatic heterocycles. The maximum Gasteiger partial charge on any atom is 0.258 e. The van der Waals surface area contributed by atoms with E-state index in [9.17, 15) is 14.0 Å². The summed E-state index contributed by atoms with van der Waals surface area (Å²) in [6, 6.07) is 14.8. The number of carbonyl (C=O) groups is 2. The second-order valence-corrected chi connectivity index (χ2v) is 8.28. The summed E-state index contributed by atoms with van der Waals surface area (Å²) in [6.45, 7) is 4.43. The van der Waals surface area contributed by atoms with E-state index in [-0.39, 0.29) is 11.5 Å². The highest BCUT2D eigenvalue weighted by Crippen LogP contribution is 2.28. The molecule has 1 N–H and O–H groups in total. The van der Waals surface area contributed by atoms with Gasteiger partial charge < -0.3 is 10.2 Å². The molecule has 0 saturated heterocycles. The third kappa shape index (κ3) is 3.94. The number of pyridine rings is 1. The lowest BCUT2D eigenvalue weighted by Crippen LogP contribution is -2.31. The van der Waals surface area contributed by atoms with Gasteiger partial charge in [-0.3, -0.25) is 19.3 Å². The van der Waals surface area contributed by atoms with Crippen LogP contribution in [0.3, 0.4) is 0 Å². The molecule has 8 heteroatoms. The SMILES string of the molecule is Cc1ccc(F)cc1C(=O)Nc1ccc(C(=O)N2Cc3ccnn3Cc3ncccc32)c(C)c1. The number of aromatic nitrogens is 3. The predicted molar refractivity (Wildman–Crippen MR) is 126 cm³/mol. The zero-order chi connectivity index (χ0) is 23.8. The van der Waals surface area contributed by atoms with Gasteiger partial charge in [-0.2, -0.15) is 5.10 Å². The topological polar surface area (TPSA) is 80.1 Å². The number of fused-ring (bicyclic) bond motifs is 2. The van der Waals surface area contributed by atoms with Crippen molar-refractivity contribution < 1.29 is 14.0 Å². The second-order valence-electron chi connectivity index (χ2n) is 8.28. The summed E-state index contributed by atoms with van der Waals surface area (Å²) in [7, 11) is 0. The molecule has 4 aromatic rings. The number of nitrogens with zero attached hydrogens (tertiary/aromatic N) is 4. The fourth-order valence-corrected chi connectivity index (χ4v) is 4.17. The Bertz CT molecular complexity index is 1430. The number of rotatable bonds is 3. The van der Waals surface area contributed by atoms with Crippen LogP contribution in [0.15, 0.2) is 67.0 Å². The highest BCUT2D eigenvalue weighted by Gasteiger charge is 2.27. The van der Waals surface area contributed by atoms with Crippen LogP contribution in [0, 0.1) is 19.7 Å². The number of halogens is 1. The Morgan fingerprint density at radius 3 is 2.62 bits per heavy atom. The molecule has 5 rings (SSSR count). The van der Waals surface area contributed by atoms with E-state index in [0.29, 0.717) is 35.5 Å². The Kier molecular flexibility index (Phi) is 5.41. The minimum absolute atomic E-state index is 0.166. The Morgan fingerprint density at radius 1 is 0.941 bits per heavy atom. The second kappa shape index (κ2) is 8.55. The normalized spacial score (nSPS) is 12.5. The van der Waals surface area contributed by atoms with E-state index in [1.165, 1.54) is 12.1 Å². The highest BCUT2D eigenvalue weighted by atomic mass is 19.1. The molecular weight excluding hydrogens is 433 g/mol. The van der Waals surface area contributed by atoms with E-state index >= 15 is 0 Å². The van der Waals surface area contributed by atoms with Crippen LogP contribution in [0.2, 0.25) is 0 Å². The van der Waals surface area contributed by atoms with Crippen molar-refractivity contribution >= 4 is 23.2 Å². The first-order chi connectivity index (χ1) is 16.4. The average molecular weight is 455 g/mol. The minimum Gasteiger partial charge on any atom is -0.322 e. The smallest absolute Gasteiger partial charge is 0.258 e. The number of nitrogens with one attached hydrogen (secondary N) is 1. The largest absolute Gasteiger partial charge is 0.322 e. The zero-order valence-electron chi connectivity index (χ0n) is 18.7. The van der Waals surface area contributed by atoms with E-state index in [1.807, 2.05) is 29.8 Å². The zero-order valence-corrected chi connectivity index (χ0v) is 18.7. The molecule has 0 spiro atoms. The van der Waals surface area contributed by atoms with Crippen LogP contribution in [-0.2, 0) is 13.1 Å². The van der Waals surface area contributed by atoms with Crippen LogP contribution in [0.4, 0.5) is 15.8 Å². The molecule has 0 fully saturated rings. The van der Waals surface area contributed by atoms with Gasteiger partial charge in [-0.25, -0.2) is 4.39 Å². The Balaban J connectivity index is 1.43. The molecule has 0 bridgehead atoms. The molecule has 0 saturated carbocycles. The lowest BCUT2D eigenvalue weighted by atomic mass is 10.0. The minimum atomic E-state index is -0.471. The summed E-state index contributed by atoms with van der Waals surface area (Å²) in [5, 5.41) is 7.15. The summed E-state index contributed by atoms with van der Waals surface area (Å²) >= 11 is 0. The summed E-state index contributed by atoms with van der Waals surface area (Å²) in [5.41, 5.74) is 5.13. The summed E-state index contributed by atoms with van der Waals surface area (Å²) in [6.07, 6.45) is 3.42. The summed E-state index contributed by atoms with van der Waals surface area (Å²) in [5.74, 6) is -1.04. The molecule has 1 aliphatic rings. The Hall–Kier alpha value is -4.33. The average Bonchev–Trinajstić information content (AvgIpc) is 3.19. The van der Waals surface area contributed by atoms with Gasteiger partial charge in [-0.15, -0.1) is 0 Å². The first-order valence-corrected chi connectivity index (χ1v) is 10.9. The van der Waals surface area contributed by atoms with Gasteiger partial charge in [-0.05, 0) is 73.5 Å².